The summed E-state index contributed by atoms with van der Waals surface area (Å²) in [6.45, 7) is 2.61. The lowest BCUT2D eigenvalue weighted by molar-refractivity contribution is 0.132. The molecule has 0 N–H and O–H groups in total. The summed E-state index contributed by atoms with van der Waals surface area (Å²) in [5.41, 5.74) is 3.32. The van der Waals surface area contributed by atoms with Gasteiger partial charge in [-0.2, -0.15) is 0 Å². The van der Waals surface area contributed by atoms with Crippen molar-refractivity contribution in [1.82, 2.24) is 0 Å². The lowest BCUT2D eigenvalue weighted by Gasteiger charge is -2.02. The van der Waals surface area contributed by atoms with Crippen LogP contribution in [0.1, 0.15) is 23.6 Å². The van der Waals surface area contributed by atoms with E-state index in [1.807, 2.05) is 36.4 Å². The molecule has 2 nitrogen and oxygen atoms in total. The topological polar surface area (TPSA) is 21.6 Å². The first-order valence-corrected chi connectivity index (χ1v) is 6.98. The number of halogens is 1. The number of hydrogen-bond donors (Lipinski definition) is 0. The highest BCUT2D eigenvalue weighted by Gasteiger charge is 1.95. The molecule has 2 aromatic rings. The van der Waals surface area contributed by atoms with E-state index < -0.39 is 0 Å². The summed E-state index contributed by atoms with van der Waals surface area (Å²) in [5.74, 6) is 0. The average molecular weight is 317 g/mol. The van der Waals surface area contributed by atoms with Crippen LogP contribution >= 0.6 is 15.9 Å². The molecular formula is C16H15BrNO. The monoisotopic (exact) mass is 316 g/mol. The summed E-state index contributed by atoms with van der Waals surface area (Å²) >= 11 is 3.40. The Morgan fingerprint density at radius 3 is 2.68 bits per heavy atom. The Kier molecular flexibility index (Phi) is 5.16. The van der Waals surface area contributed by atoms with Crippen LogP contribution in [0, 0.1) is 0 Å². The summed E-state index contributed by atoms with van der Waals surface area (Å²) in [5, 5.41) is 3.86. The molecule has 0 atom stereocenters. The van der Waals surface area contributed by atoms with Crippen LogP contribution in [0.5, 0.6) is 0 Å². The second kappa shape index (κ2) is 7.10. The first-order valence-electron chi connectivity index (χ1n) is 6.19. The summed E-state index contributed by atoms with van der Waals surface area (Å²) in [6, 6.07) is 16.1. The average Bonchev–Trinajstić information content (AvgIpc) is 2.44. The van der Waals surface area contributed by atoms with E-state index in [0.717, 1.165) is 22.0 Å². The van der Waals surface area contributed by atoms with Crippen LogP contribution in [0.3, 0.4) is 0 Å². The van der Waals surface area contributed by atoms with Gasteiger partial charge in [-0.3, -0.25) is 0 Å². The molecule has 2 aromatic carbocycles. The third-order valence-corrected chi connectivity index (χ3v) is 3.19. The zero-order valence-corrected chi connectivity index (χ0v) is 12.4. The van der Waals surface area contributed by atoms with E-state index in [-0.39, 0.29) is 0 Å². The minimum Gasteiger partial charge on any atom is -0.390 e. The molecule has 0 aliphatic rings. The lowest BCUT2D eigenvalue weighted by atomic mass is 10.1. The molecule has 0 aliphatic heterocycles. The predicted octanol–water partition coefficient (Wildman–Crippen LogP) is 4.44. The van der Waals surface area contributed by atoms with Crippen LogP contribution in [0.15, 0.2) is 58.2 Å². The van der Waals surface area contributed by atoms with Crippen molar-refractivity contribution in [3.63, 3.8) is 0 Å². The highest BCUT2D eigenvalue weighted by atomic mass is 79.9. The maximum Gasteiger partial charge on any atom is 0.142 e. The molecule has 2 rings (SSSR count). The maximum absolute atomic E-state index is 5.26. The Morgan fingerprint density at radius 2 is 1.89 bits per heavy atom. The van der Waals surface area contributed by atoms with E-state index in [9.17, 15) is 0 Å². The van der Waals surface area contributed by atoms with Crippen molar-refractivity contribution in [2.45, 2.75) is 20.0 Å². The summed E-state index contributed by atoms with van der Waals surface area (Å²) < 4.78 is 1.00. The molecule has 0 amide bonds. The second-order valence-corrected chi connectivity index (χ2v) is 5.08. The largest absolute Gasteiger partial charge is 0.390 e. The third-order valence-electron chi connectivity index (χ3n) is 2.69. The first-order chi connectivity index (χ1) is 9.28. The van der Waals surface area contributed by atoms with Gasteiger partial charge in [-0.05, 0) is 29.7 Å². The third kappa shape index (κ3) is 4.52. The van der Waals surface area contributed by atoms with Crippen LogP contribution in [-0.2, 0) is 17.9 Å². The van der Waals surface area contributed by atoms with Gasteiger partial charge in [-0.25, -0.2) is 0 Å². The molecule has 0 spiro atoms. The summed E-state index contributed by atoms with van der Waals surface area (Å²) in [7, 11) is 0. The van der Waals surface area contributed by atoms with Gasteiger partial charge < -0.3 is 4.84 Å². The normalized spacial score (nSPS) is 10.8. The van der Waals surface area contributed by atoms with Gasteiger partial charge in [0.05, 0.1) is 0 Å². The van der Waals surface area contributed by atoms with Crippen molar-refractivity contribution in [2.75, 3.05) is 0 Å². The Labute approximate surface area is 122 Å². The van der Waals surface area contributed by atoms with Crippen molar-refractivity contribution in [2.24, 2.45) is 5.16 Å². The Bertz CT molecular complexity index is 566. The number of nitrogens with zero attached hydrogens (tertiary/aromatic N) is 1. The van der Waals surface area contributed by atoms with Crippen molar-refractivity contribution >= 4 is 22.1 Å². The molecule has 0 aliphatic carbocycles. The zero-order valence-electron chi connectivity index (χ0n) is 10.8. The minimum atomic E-state index is 0.467. The molecule has 0 fully saturated rings. The molecule has 3 heteroatoms. The molecule has 0 saturated carbocycles. The molecule has 97 valence electrons. The SMILES string of the molecule is CCc1cccc(CO/N=[C]\c2cccc(Br)c2)c1. The van der Waals surface area contributed by atoms with E-state index in [2.05, 4.69) is 46.4 Å². The molecule has 0 aromatic heterocycles. The highest BCUT2D eigenvalue weighted by Crippen LogP contribution is 2.10. The predicted molar refractivity (Wildman–Crippen MR) is 81.3 cm³/mol. The molecule has 19 heavy (non-hydrogen) atoms. The minimum absolute atomic E-state index is 0.467. The quantitative estimate of drug-likeness (QED) is 0.590. The fraction of sp³-hybridized carbons (Fsp3) is 0.188. The van der Waals surface area contributed by atoms with Crippen LogP contribution in [0.25, 0.3) is 0 Å². The van der Waals surface area contributed by atoms with E-state index >= 15 is 0 Å². The van der Waals surface area contributed by atoms with Crippen molar-refractivity contribution < 1.29 is 4.84 Å². The zero-order chi connectivity index (χ0) is 13.5. The van der Waals surface area contributed by atoms with Gasteiger partial charge in [0.25, 0.3) is 0 Å². The van der Waals surface area contributed by atoms with Crippen molar-refractivity contribution in [3.8, 4) is 0 Å². The summed E-state index contributed by atoms with van der Waals surface area (Å²) in [6.07, 6.45) is 3.89. The fourth-order valence-corrected chi connectivity index (χ4v) is 2.09. The molecular weight excluding hydrogens is 302 g/mol. The van der Waals surface area contributed by atoms with Gasteiger partial charge >= 0.3 is 0 Å². The smallest absolute Gasteiger partial charge is 0.142 e. The number of rotatable bonds is 5. The van der Waals surface area contributed by atoms with Crippen LogP contribution in [-0.4, -0.2) is 6.21 Å². The maximum atomic E-state index is 5.26. The Balaban J connectivity index is 1.89. The van der Waals surface area contributed by atoms with Gasteiger partial charge in [0.1, 0.15) is 12.8 Å². The van der Waals surface area contributed by atoms with Crippen LogP contribution in [0.2, 0.25) is 0 Å². The van der Waals surface area contributed by atoms with Gasteiger partial charge in [0.15, 0.2) is 0 Å². The van der Waals surface area contributed by atoms with Crippen LogP contribution < -0.4 is 0 Å². The van der Waals surface area contributed by atoms with Gasteiger partial charge in [0, 0.05) is 10.0 Å². The Morgan fingerprint density at radius 1 is 1.11 bits per heavy atom. The molecule has 0 saturated heterocycles. The molecule has 0 unspecified atom stereocenters. The highest BCUT2D eigenvalue weighted by molar-refractivity contribution is 9.10. The van der Waals surface area contributed by atoms with Gasteiger partial charge in [0.2, 0.25) is 0 Å². The van der Waals surface area contributed by atoms with E-state index in [0.29, 0.717) is 6.61 Å². The van der Waals surface area contributed by atoms with Crippen molar-refractivity contribution in [3.05, 3.63) is 69.7 Å². The first kappa shape index (κ1) is 13.8. The van der Waals surface area contributed by atoms with Crippen molar-refractivity contribution in [1.29, 1.82) is 0 Å². The van der Waals surface area contributed by atoms with E-state index in [1.165, 1.54) is 5.56 Å². The number of aryl methyl sites for hydroxylation is 1. The Hall–Kier alpha value is -1.61. The molecule has 1 radical (unpaired) electrons. The van der Waals surface area contributed by atoms with Gasteiger partial charge in [-0.1, -0.05) is 64.4 Å². The van der Waals surface area contributed by atoms with Crippen LogP contribution in [0.4, 0.5) is 0 Å². The molecule has 0 bridgehead atoms. The van der Waals surface area contributed by atoms with E-state index in [4.69, 9.17) is 4.84 Å². The van der Waals surface area contributed by atoms with Gasteiger partial charge in [-0.15, -0.1) is 0 Å². The number of benzene rings is 2. The standard InChI is InChI=1S/C16H15BrNO/c1-2-13-5-3-7-15(9-13)12-19-18-11-14-6-4-8-16(17)10-14/h3-10H,2,12H2,1H3. The summed E-state index contributed by atoms with van der Waals surface area (Å²) in [4.78, 5) is 5.26. The number of hydrogen-bond acceptors (Lipinski definition) is 2. The van der Waals surface area contributed by atoms with E-state index in [1.54, 1.807) is 0 Å². The lowest BCUT2D eigenvalue weighted by Crippen LogP contribution is -1.90. The fourth-order valence-electron chi connectivity index (χ4n) is 1.69. The molecule has 0 heterocycles. The second-order valence-electron chi connectivity index (χ2n) is 4.16.